The van der Waals surface area contributed by atoms with E-state index in [-0.39, 0.29) is 12.2 Å². The van der Waals surface area contributed by atoms with Gasteiger partial charge in [-0.25, -0.2) is 0 Å². The average Bonchev–Trinajstić information content (AvgIpc) is 2.50. The lowest BCUT2D eigenvalue weighted by Gasteiger charge is -2.10. The second kappa shape index (κ2) is 7.62. The maximum absolute atomic E-state index is 12.2. The molecule has 0 radical (unpaired) electrons. The third-order valence-corrected chi connectivity index (χ3v) is 3.99. The molecule has 0 aliphatic rings. The van der Waals surface area contributed by atoms with Crippen molar-refractivity contribution in [2.24, 2.45) is 0 Å². The Hall–Kier alpha value is -1.85. The second-order valence-corrected chi connectivity index (χ2v) is 6.10. The van der Waals surface area contributed by atoms with Crippen LogP contribution >= 0.6 is 27.5 Å². The zero-order valence-electron chi connectivity index (χ0n) is 12.6. The molecular weight excluding hydrogens is 384 g/mol. The van der Waals surface area contributed by atoms with Gasteiger partial charge in [-0.05, 0) is 59.3 Å². The van der Waals surface area contributed by atoms with E-state index in [1.807, 2.05) is 0 Å². The number of halogens is 2. The van der Waals surface area contributed by atoms with Crippen molar-refractivity contribution >= 4 is 39.3 Å². The summed E-state index contributed by atoms with van der Waals surface area (Å²) in [5.41, 5.74) is 1.11. The average molecular weight is 398 g/mol. The first kappa shape index (κ1) is 17.5. The quantitative estimate of drug-likeness (QED) is 0.424. The molecular formula is C17H14BrClO4. The zero-order valence-corrected chi connectivity index (χ0v) is 14.9. The lowest BCUT2D eigenvalue weighted by Crippen LogP contribution is -2.13. The molecule has 0 spiro atoms. The van der Waals surface area contributed by atoms with Gasteiger partial charge in [0.1, 0.15) is 11.5 Å². The van der Waals surface area contributed by atoms with Crippen molar-refractivity contribution < 1.29 is 19.1 Å². The van der Waals surface area contributed by atoms with Crippen LogP contribution in [0.2, 0.25) is 5.02 Å². The summed E-state index contributed by atoms with van der Waals surface area (Å²) in [5, 5.41) is 0.535. The molecule has 0 bridgehead atoms. The van der Waals surface area contributed by atoms with Crippen LogP contribution in [0.15, 0.2) is 40.9 Å². The minimum atomic E-state index is -0.466. The van der Waals surface area contributed by atoms with Crippen molar-refractivity contribution in [3.8, 4) is 11.5 Å². The van der Waals surface area contributed by atoms with Gasteiger partial charge in [0, 0.05) is 16.1 Å². The predicted molar refractivity (Wildman–Crippen MR) is 91.5 cm³/mol. The summed E-state index contributed by atoms with van der Waals surface area (Å²) in [6, 6.07) is 9.84. The number of carbonyl (C=O) groups is 2. The van der Waals surface area contributed by atoms with Gasteiger partial charge in [-0.2, -0.15) is 0 Å². The molecule has 120 valence electrons. The molecule has 2 aromatic carbocycles. The first-order valence-electron chi connectivity index (χ1n) is 6.74. The normalized spacial score (nSPS) is 10.3. The highest BCUT2D eigenvalue weighted by Gasteiger charge is 2.14. The van der Waals surface area contributed by atoms with Gasteiger partial charge in [0.15, 0.2) is 5.78 Å². The van der Waals surface area contributed by atoms with Crippen molar-refractivity contribution in [2.75, 3.05) is 7.11 Å². The number of hydrogen-bond donors (Lipinski definition) is 0. The Labute approximate surface area is 147 Å². The Morgan fingerprint density at radius 1 is 1.13 bits per heavy atom. The molecule has 0 saturated heterocycles. The highest BCUT2D eigenvalue weighted by atomic mass is 79.9. The van der Waals surface area contributed by atoms with E-state index in [2.05, 4.69) is 15.9 Å². The van der Waals surface area contributed by atoms with E-state index < -0.39 is 5.97 Å². The first-order chi connectivity index (χ1) is 10.9. The number of esters is 1. The highest BCUT2D eigenvalue weighted by molar-refractivity contribution is 9.10. The zero-order chi connectivity index (χ0) is 17.0. The molecule has 0 fully saturated rings. The summed E-state index contributed by atoms with van der Waals surface area (Å²) in [6.45, 7) is 1.47. The molecule has 0 unspecified atom stereocenters. The molecule has 4 nitrogen and oxygen atoms in total. The maximum atomic E-state index is 12.2. The van der Waals surface area contributed by atoms with Crippen molar-refractivity contribution in [2.45, 2.75) is 13.3 Å². The van der Waals surface area contributed by atoms with Crippen LogP contribution in [0.25, 0.3) is 0 Å². The van der Waals surface area contributed by atoms with Crippen molar-refractivity contribution in [3.05, 3.63) is 57.0 Å². The van der Waals surface area contributed by atoms with Crippen LogP contribution in [0, 0.1) is 0 Å². The molecule has 6 heteroatoms. The Kier molecular flexibility index (Phi) is 5.80. The number of hydrogen-bond acceptors (Lipinski definition) is 4. The largest absolute Gasteiger partial charge is 0.496 e. The topological polar surface area (TPSA) is 52.6 Å². The molecule has 0 atom stereocenters. The Bertz CT molecular complexity index is 758. The number of rotatable bonds is 5. The van der Waals surface area contributed by atoms with E-state index in [1.165, 1.54) is 14.0 Å². The van der Waals surface area contributed by atoms with E-state index in [9.17, 15) is 9.59 Å². The maximum Gasteiger partial charge on any atom is 0.315 e. The fourth-order valence-corrected chi connectivity index (χ4v) is 2.77. The summed E-state index contributed by atoms with van der Waals surface area (Å²) in [7, 11) is 1.51. The minimum Gasteiger partial charge on any atom is -0.496 e. The van der Waals surface area contributed by atoms with Gasteiger partial charge in [-0.3, -0.25) is 9.59 Å². The third-order valence-electron chi connectivity index (χ3n) is 3.14. The van der Waals surface area contributed by atoms with E-state index in [4.69, 9.17) is 21.1 Å². The summed E-state index contributed by atoms with van der Waals surface area (Å²) < 4.78 is 11.1. The number of ether oxygens (including phenoxy) is 2. The monoisotopic (exact) mass is 396 g/mol. The van der Waals surface area contributed by atoms with Crippen LogP contribution in [0.5, 0.6) is 11.5 Å². The summed E-state index contributed by atoms with van der Waals surface area (Å²) >= 11 is 9.14. The van der Waals surface area contributed by atoms with Gasteiger partial charge in [-0.15, -0.1) is 0 Å². The van der Waals surface area contributed by atoms with Gasteiger partial charge in [0.2, 0.25) is 0 Å². The van der Waals surface area contributed by atoms with Crippen LogP contribution in [-0.2, 0) is 11.2 Å². The van der Waals surface area contributed by atoms with E-state index >= 15 is 0 Å². The van der Waals surface area contributed by atoms with Crippen LogP contribution in [0.4, 0.5) is 0 Å². The molecule has 23 heavy (non-hydrogen) atoms. The van der Waals surface area contributed by atoms with Crippen molar-refractivity contribution in [3.63, 3.8) is 0 Å². The van der Waals surface area contributed by atoms with E-state index in [0.29, 0.717) is 32.1 Å². The summed E-state index contributed by atoms with van der Waals surface area (Å²) in [5.74, 6) is 0.359. The second-order valence-electron chi connectivity index (χ2n) is 4.81. The lowest BCUT2D eigenvalue weighted by atomic mass is 10.0. The molecule has 0 aliphatic heterocycles. The SMILES string of the molecule is COc1ccc(C(C)=O)cc1CC(=O)Oc1ccc(Cl)cc1Br. The van der Waals surface area contributed by atoms with Gasteiger partial charge >= 0.3 is 5.97 Å². The molecule has 0 N–H and O–H groups in total. The smallest absolute Gasteiger partial charge is 0.315 e. The highest BCUT2D eigenvalue weighted by Crippen LogP contribution is 2.29. The van der Waals surface area contributed by atoms with E-state index in [1.54, 1.807) is 36.4 Å². The van der Waals surface area contributed by atoms with Gasteiger partial charge in [-0.1, -0.05) is 11.6 Å². The molecule has 0 amide bonds. The molecule has 0 aliphatic carbocycles. The lowest BCUT2D eigenvalue weighted by molar-refractivity contribution is -0.133. The van der Waals surface area contributed by atoms with Crippen LogP contribution < -0.4 is 9.47 Å². The van der Waals surface area contributed by atoms with E-state index in [0.717, 1.165) is 0 Å². The molecule has 0 aromatic heterocycles. The van der Waals surface area contributed by atoms with Gasteiger partial charge in [0.05, 0.1) is 18.0 Å². The van der Waals surface area contributed by atoms with Crippen molar-refractivity contribution in [1.82, 2.24) is 0 Å². The first-order valence-corrected chi connectivity index (χ1v) is 7.91. The predicted octanol–water partition coefficient (Wildman–Crippen LogP) is 4.46. The van der Waals surface area contributed by atoms with Gasteiger partial charge in [0.25, 0.3) is 0 Å². The standard InChI is InChI=1S/C17H14BrClO4/c1-10(20)11-3-5-15(22-2)12(7-11)8-17(21)23-16-6-4-13(19)9-14(16)18/h3-7,9H,8H2,1-2H3. The third kappa shape index (κ3) is 4.56. The Balaban J connectivity index is 2.19. The Morgan fingerprint density at radius 2 is 1.83 bits per heavy atom. The van der Waals surface area contributed by atoms with Crippen LogP contribution in [0.3, 0.4) is 0 Å². The van der Waals surface area contributed by atoms with Gasteiger partial charge < -0.3 is 9.47 Å². The van der Waals surface area contributed by atoms with Crippen LogP contribution in [0.1, 0.15) is 22.8 Å². The fourth-order valence-electron chi connectivity index (χ4n) is 2.01. The minimum absolute atomic E-state index is 0.0145. The molecule has 0 heterocycles. The number of ketones is 1. The van der Waals surface area contributed by atoms with Crippen molar-refractivity contribution in [1.29, 1.82) is 0 Å². The number of benzene rings is 2. The summed E-state index contributed by atoms with van der Waals surface area (Å²) in [4.78, 5) is 23.6. The number of Topliss-reactive ketones (excluding diaryl/α,β-unsaturated/α-hetero) is 1. The molecule has 2 rings (SSSR count). The Morgan fingerprint density at radius 3 is 2.43 bits per heavy atom. The van der Waals surface area contributed by atoms with Crippen LogP contribution in [-0.4, -0.2) is 18.9 Å². The number of methoxy groups -OCH3 is 1. The molecule has 0 saturated carbocycles. The fraction of sp³-hybridized carbons (Fsp3) is 0.176. The number of carbonyl (C=O) groups excluding carboxylic acids is 2. The summed E-state index contributed by atoms with van der Waals surface area (Å²) in [6.07, 6.45) is -0.0145. The molecule has 2 aromatic rings.